The lowest BCUT2D eigenvalue weighted by atomic mass is 10.0. The van der Waals surface area contributed by atoms with E-state index in [-0.39, 0.29) is 0 Å². The van der Waals surface area contributed by atoms with E-state index in [1.807, 2.05) is 38.1 Å². The fraction of sp³-hybridized carbons (Fsp3) is 0.294. The summed E-state index contributed by atoms with van der Waals surface area (Å²) < 4.78 is 10.6. The summed E-state index contributed by atoms with van der Waals surface area (Å²) in [6, 6.07) is 6.88. The van der Waals surface area contributed by atoms with Gasteiger partial charge in [-0.3, -0.25) is 10.1 Å². The largest absolute Gasteiger partial charge is 0.480 e. The molecule has 0 fully saturated rings. The number of hydrogen-bond acceptors (Lipinski definition) is 5. The minimum atomic E-state index is -0.901. The third-order valence-corrected chi connectivity index (χ3v) is 3.99. The molecule has 0 aliphatic carbocycles. The number of nitrogens with one attached hydrogen (secondary N) is 1. The zero-order valence-corrected chi connectivity index (χ0v) is 13.0. The van der Waals surface area contributed by atoms with Crippen molar-refractivity contribution in [2.75, 3.05) is 0 Å². The molecule has 2 N–H and O–H groups in total. The Bertz CT molecular complexity index is 815. The molecule has 0 aliphatic rings. The number of aliphatic carboxylic acids is 1. The highest BCUT2D eigenvalue weighted by Gasteiger charge is 2.21. The number of furan rings is 1. The van der Waals surface area contributed by atoms with Crippen LogP contribution in [0.5, 0.6) is 0 Å². The smallest absolute Gasteiger partial charge is 0.321 e. The molecule has 0 saturated heterocycles. The molecule has 120 valence electrons. The Kier molecular flexibility index (Phi) is 4.16. The van der Waals surface area contributed by atoms with Gasteiger partial charge in [-0.05, 0) is 19.9 Å². The molecule has 0 aliphatic heterocycles. The standard InChI is InChI=1S/C17H18N2O4/c1-10-14(11(2)23-19-10)8-18-15(17(20)21)7-12-9-22-16-6-4-3-5-13(12)16/h3-6,9,15,18H,7-8H2,1-2H3,(H,20,21). The predicted octanol–water partition coefficient (Wildman–Crippen LogP) is 2.82. The van der Waals surface area contributed by atoms with Crippen LogP contribution in [-0.4, -0.2) is 22.3 Å². The van der Waals surface area contributed by atoms with E-state index in [2.05, 4.69) is 10.5 Å². The third-order valence-electron chi connectivity index (χ3n) is 3.99. The Labute approximate surface area is 133 Å². The Morgan fingerprint density at radius 2 is 2.13 bits per heavy atom. The lowest BCUT2D eigenvalue weighted by Gasteiger charge is -2.13. The van der Waals surface area contributed by atoms with Gasteiger partial charge < -0.3 is 14.0 Å². The second kappa shape index (κ2) is 6.26. The second-order valence-electron chi connectivity index (χ2n) is 5.54. The van der Waals surface area contributed by atoms with E-state index in [4.69, 9.17) is 8.94 Å². The maximum Gasteiger partial charge on any atom is 0.321 e. The number of carbonyl (C=O) groups is 1. The summed E-state index contributed by atoms with van der Waals surface area (Å²) in [5, 5.41) is 17.4. The molecular formula is C17H18N2O4. The lowest BCUT2D eigenvalue weighted by molar-refractivity contribution is -0.139. The summed E-state index contributed by atoms with van der Waals surface area (Å²) >= 11 is 0. The molecule has 1 unspecified atom stereocenters. The van der Waals surface area contributed by atoms with Crippen LogP contribution in [0.15, 0.2) is 39.5 Å². The van der Waals surface area contributed by atoms with Gasteiger partial charge in [-0.25, -0.2) is 0 Å². The highest BCUT2D eigenvalue weighted by Crippen LogP contribution is 2.22. The van der Waals surface area contributed by atoms with Crippen molar-refractivity contribution in [2.45, 2.75) is 32.9 Å². The fourth-order valence-electron chi connectivity index (χ4n) is 2.64. The van der Waals surface area contributed by atoms with Crippen LogP contribution in [0.3, 0.4) is 0 Å². The van der Waals surface area contributed by atoms with Gasteiger partial charge in [-0.2, -0.15) is 0 Å². The molecule has 2 heterocycles. The predicted molar refractivity (Wildman–Crippen MR) is 84.2 cm³/mol. The molecule has 1 atom stereocenters. The fourth-order valence-corrected chi connectivity index (χ4v) is 2.64. The van der Waals surface area contributed by atoms with Gasteiger partial charge in [0.05, 0.1) is 12.0 Å². The molecule has 0 amide bonds. The third kappa shape index (κ3) is 3.12. The molecule has 0 spiro atoms. The zero-order chi connectivity index (χ0) is 16.4. The number of rotatable bonds is 6. The van der Waals surface area contributed by atoms with Gasteiger partial charge in [0.15, 0.2) is 0 Å². The van der Waals surface area contributed by atoms with Gasteiger partial charge in [0.1, 0.15) is 17.4 Å². The lowest BCUT2D eigenvalue weighted by Crippen LogP contribution is -2.38. The molecule has 3 rings (SSSR count). The van der Waals surface area contributed by atoms with Gasteiger partial charge in [0.25, 0.3) is 0 Å². The van der Waals surface area contributed by atoms with Gasteiger partial charge in [0, 0.05) is 29.5 Å². The topological polar surface area (TPSA) is 88.5 Å². The van der Waals surface area contributed by atoms with Crippen LogP contribution in [0.2, 0.25) is 0 Å². The maximum atomic E-state index is 11.6. The van der Waals surface area contributed by atoms with Crippen molar-refractivity contribution in [1.82, 2.24) is 10.5 Å². The van der Waals surface area contributed by atoms with E-state index in [1.165, 1.54) is 0 Å². The number of fused-ring (bicyclic) bond motifs is 1. The number of benzene rings is 1. The molecule has 6 heteroatoms. The Morgan fingerprint density at radius 1 is 1.35 bits per heavy atom. The number of hydrogen-bond donors (Lipinski definition) is 2. The molecular weight excluding hydrogens is 296 g/mol. The second-order valence-corrected chi connectivity index (χ2v) is 5.54. The molecule has 0 bridgehead atoms. The molecule has 3 aromatic rings. The number of nitrogens with zero attached hydrogens (tertiary/aromatic N) is 1. The van der Waals surface area contributed by atoms with Crippen molar-refractivity contribution in [3.8, 4) is 0 Å². The van der Waals surface area contributed by atoms with Gasteiger partial charge >= 0.3 is 5.97 Å². The SMILES string of the molecule is Cc1noc(C)c1CNC(Cc1coc2ccccc12)C(=O)O. The molecule has 0 radical (unpaired) electrons. The number of carboxylic acid groups (broad SMARTS) is 1. The van der Waals surface area contributed by atoms with Gasteiger partial charge in [-0.15, -0.1) is 0 Å². The van der Waals surface area contributed by atoms with Crippen LogP contribution in [0.25, 0.3) is 11.0 Å². The Morgan fingerprint density at radius 3 is 2.83 bits per heavy atom. The van der Waals surface area contributed by atoms with E-state index in [0.29, 0.717) is 18.7 Å². The Hall–Kier alpha value is -2.60. The molecule has 1 aromatic carbocycles. The first-order valence-corrected chi connectivity index (χ1v) is 7.39. The number of para-hydroxylation sites is 1. The van der Waals surface area contributed by atoms with Crippen molar-refractivity contribution in [2.24, 2.45) is 0 Å². The summed E-state index contributed by atoms with van der Waals surface area (Å²) in [6.07, 6.45) is 1.97. The average Bonchev–Trinajstić information content (AvgIpc) is 3.08. The van der Waals surface area contributed by atoms with Crippen molar-refractivity contribution >= 4 is 16.9 Å². The van der Waals surface area contributed by atoms with E-state index < -0.39 is 12.0 Å². The normalized spacial score (nSPS) is 12.6. The monoisotopic (exact) mass is 314 g/mol. The number of carboxylic acids is 1. The van der Waals surface area contributed by atoms with Gasteiger partial charge in [-0.1, -0.05) is 23.4 Å². The van der Waals surface area contributed by atoms with Crippen molar-refractivity contribution in [1.29, 1.82) is 0 Å². The molecule has 2 aromatic heterocycles. The highest BCUT2D eigenvalue weighted by molar-refractivity contribution is 5.82. The van der Waals surface area contributed by atoms with Crippen molar-refractivity contribution in [3.05, 3.63) is 53.1 Å². The highest BCUT2D eigenvalue weighted by atomic mass is 16.5. The van der Waals surface area contributed by atoms with Crippen molar-refractivity contribution in [3.63, 3.8) is 0 Å². The molecule has 23 heavy (non-hydrogen) atoms. The van der Waals surface area contributed by atoms with E-state index >= 15 is 0 Å². The zero-order valence-electron chi connectivity index (χ0n) is 13.0. The summed E-state index contributed by atoms with van der Waals surface area (Å²) in [5.41, 5.74) is 3.30. The minimum Gasteiger partial charge on any atom is -0.480 e. The molecule has 6 nitrogen and oxygen atoms in total. The van der Waals surface area contributed by atoms with Crippen LogP contribution in [0.1, 0.15) is 22.6 Å². The molecule has 0 saturated carbocycles. The van der Waals surface area contributed by atoms with Crippen molar-refractivity contribution < 1.29 is 18.8 Å². The van der Waals surface area contributed by atoms with E-state index in [9.17, 15) is 9.90 Å². The van der Waals surface area contributed by atoms with Crippen LogP contribution in [-0.2, 0) is 17.8 Å². The minimum absolute atomic E-state index is 0.343. The first kappa shape index (κ1) is 15.3. The van der Waals surface area contributed by atoms with Crippen LogP contribution < -0.4 is 5.32 Å². The number of aromatic nitrogens is 1. The first-order chi connectivity index (χ1) is 11.1. The first-order valence-electron chi connectivity index (χ1n) is 7.39. The van der Waals surface area contributed by atoms with Crippen LogP contribution in [0.4, 0.5) is 0 Å². The summed E-state index contributed by atoms with van der Waals surface area (Å²) in [5.74, 6) is -0.199. The number of aryl methyl sites for hydroxylation is 2. The summed E-state index contributed by atoms with van der Waals surface area (Å²) in [6.45, 7) is 4.05. The van der Waals surface area contributed by atoms with Crippen LogP contribution >= 0.6 is 0 Å². The Balaban J connectivity index is 1.76. The maximum absolute atomic E-state index is 11.6. The summed E-state index contributed by atoms with van der Waals surface area (Å²) in [7, 11) is 0. The van der Waals surface area contributed by atoms with Crippen LogP contribution in [0, 0.1) is 13.8 Å². The van der Waals surface area contributed by atoms with E-state index in [1.54, 1.807) is 6.26 Å². The average molecular weight is 314 g/mol. The summed E-state index contributed by atoms with van der Waals surface area (Å²) in [4.78, 5) is 11.6. The van der Waals surface area contributed by atoms with E-state index in [0.717, 1.165) is 27.8 Å². The van der Waals surface area contributed by atoms with Gasteiger partial charge in [0.2, 0.25) is 0 Å². The quantitative estimate of drug-likeness (QED) is 0.727.